The van der Waals surface area contributed by atoms with Crippen molar-refractivity contribution in [2.24, 2.45) is 5.84 Å². The number of nitrogens with two attached hydrogens (primary N) is 2. The second-order valence-corrected chi connectivity index (χ2v) is 14.5. The van der Waals surface area contributed by atoms with Gasteiger partial charge >= 0.3 is 12.3 Å². The quantitative estimate of drug-likeness (QED) is 0.154. The Labute approximate surface area is 300 Å². The van der Waals surface area contributed by atoms with Gasteiger partial charge in [0.2, 0.25) is 0 Å². The van der Waals surface area contributed by atoms with E-state index in [0.717, 1.165) is 6.07 Å². The number of pyridine rings is 1. The lowest BCUT2D eigenvalue weighted by Crippen LogP contribution is -2.67. The maximum absolute atomic E-state index is 16.9. The number of para-hydroxylation sites is 1. The van der Waals surface area contributed by atoms with Crippen molar-refractivity contribution in [2.45, 2.75) is 70.8 Å². The molecule has 0 bridgehead atoms. The summed E-state index contributed by atoms with van der Waals surface area (Å²) in [5.74, 6) is 5.62. The van der Waals surface area contributed by atoms with Gasteiger partial charge in [0.05, 0.1) is 35.0 Å². The minimum atomic E-state index is -4.99. The van der Waals surface area contributed by atoms with Crippen molar-refractivity contribution in [2.75, 3.05) is 63.0 Å². The molecule has 3 heterocycles. The summed E-state index contributed by atoms with van der Waals surface area (Å²) in [4.78, 5) is 22.7. The van der Waals surface area contributed by atoms with Crippen LogP contribution in [-0.4, -0.2) is 85.4 Å². The fourth-order valence-corrected chi connectivity index (χ4v) is 6.56. The number of hydrogen-bond donors (Lipinski definition) is 2. The zero-order valence-corrected chi connectivity index (χ0v) is 30.8. The lowest BCUT2D eigenvalue weighted by atomic mass is 9.90. The largest absolute Gasteiger partial charge is 0.495 e. The van der Waals surface area contributed by atoms with Gasteiger partial charge in [0, 0.05) is 55.7 Å². The predicted octanol–water partition coefficient (Wildman–Crippen LogP) is 7.05. The monoisotopic (exact) mass is 736 g/mol. The number of hydrogen-bond acceptors (Lipinski definition) is 10. The Kier molecular flexibility index (Phi) is 11.4. The van der Waals surface area contributed by atoms with Crippen molar-refractivity contribution < 1.29 is 31.8 Å². The van der Waals surface area contributed by atoms with E-state index in [1.807, 2.05) is 19.0 Å². The highest BCUT2D eigenvalue weighted by atomic mass is 35.5. The Hall–Kier alpha value is -4.26. The molecule has 0 atom stereocenters. The number of carbonyl (C=O) groups excluding carboxylic acids is 1. The summed E-state index contributed by atoms with van der Waals surface area (Å²) in [5, 5.41) is 8.45. The Balaban J connectivity index is 0.00000188. The first-order valence-electron chi connectivity index (χ1n) is 16.3. The van der Waals surface area contributed by atoms with Gasteiger partial charge in [0.25, 0.3) is 0 Å². The van der Waals surface area contributed by atoms with Gasteiger partial charge in [-0.15, -0.1) is 0 Å². The van der Waals surface area contributed by atoms with Crippen molar-refractivity contribution in [3.8, 4) is 22.9 Å². The van der Waals surface area contributed by atoms with Crippen LogP contribution in [0.3, 0.4) is 0 Å². The van der Waals surface area contributed by atoms with Crippen LogP contribution in [-0.2, 0) is 10.9 Å². The lowest BCUT2D eigenvalue weighted by molar-refractivity contribution is -0.137. The molecule has 0 aliphatic carbocycles. The number of amides is 1. The summed E-state index contributed by atoms with van der Waals surface area (Å²) < 4.78 is 72.2. The molecule has 0 unspecified atom stereocenters. The molecule has 16 heteroatoms. The van der Waals surface area contributed by atoms with Crippen molar-refractivity contribution in [1.82, 2.24) is 14.8 Å². The summed E-state index contributed by atoms with van der Waals surface area (Å²) in [6.07, 6.45) is -4.74. The number of methoxy groups -OCH3 is 1. The van der Waals surface area contributed by atoms with Crippen LogP contribution in [0.4, 0.5) is 39.5 Å². The summed E-state index contributed by atoms with van der Waals surface area (Å²) in [6, 6.07) is 6.32. The molecular weight excluding hydrogens is 692 g/mol. The minimum absolute atomic E-state index is 0.0173. The first-order valence-corrected chi connectivity index (χ1v) is 16.7. The molecule has 278 valence electrons. The maximum Gasteiger partial charge on any atom is 0.417 e. The molecule has 1 amide bonds. The van der Waals surface area contributed by atoms with Gasteiger partial charge in [-0.1, -0.05) is 23.7 Å². The number of benzene rings is 2. The fraction of sp³-hybridized carbons (Fsp3) is 0.514. The molecule has 0 saturated carbocycles. The van der Waals surface area contributed by atoms with E-state index in [1.54, 1.807) is 31.7 Å². The number of ether oxygens (including phenoxy) is 2. The van der Waals surface area contributed by atoms with Crippen molar-refractivity contribution in [3.05, 3.63) is 40.7 Å². The van der Waals surface area contributed by atoms with Crippen LogP contribution in [0.25, 0.3) is 22.0 Å². The zero-order chi connectivity index (χ0) is 38.2. The first kappa shape index (κ1) is 39.5. The van der Waals surface area contributed by atoms with Crippen molar-refractivity contribution in [1.29, 1.82) is 5.26 Å². The molecule has 0 radical (unpaired) electrons. The Morgan fingerprint density at radius 3 is 2.27 bits per heavy atom. The molecule has 1 aromatic heterocycles. The predicted molar refractivity (Wildman–Crippen MR) is 191 cm³/mol. The highest BCUT2D eigenvalue weighted by molar-refractivity contribution is 6.32. The van der Waals surface area contributed by atoms with E-state index >= 15 is 4.39 Å². The van der Waals surface area contributed by atoms with Crippen molar-refractivity contribution in [3.63, 3.8) is 0 Å². The number of piperidine rings is 1. The van der Waals surface area contributed by atoms with Crippen LogP contribution in [0.2, 0.25) is 5.02 Å². The summed E-state index contributed by atoms with van der Waals surface area (Å²) >= 11 is 6.27. The van der Waals surface area contributed by atoms with Gasteiger partial charge < -0.3 is 34.9 Å². The molecule has 2 aromatic carbocycles. The number of nitriles is 1. The Morgan fingerprint density at radius 1 is 1.18 bits per heavy atom. The average molecular weight is 737 g/mol. The number of alkyl halides is 3. The highest BCUT2D eigenvalue weighted by Gasteiger charge is 2.44. The highest BCUT2D eigenvalue weighted by Crippen LogP contribution is 2.49. The number of hydrazine groups is 1. The molecule has 0 spiro atoms. The number of carbonyl (C=O) groups is 1. The lowest BCUT2D eigenvalue weighted by Gasteiger charge is -2.52. The topological polar surface area (TPSA) is 137 Å². The molecule has 2 fully saturated rings. The van der Waals surface area contributed by atoms with E-state index in [1.165, 1.54) is 37.2 Å². The van der Waals surface area contributed by atoms with Gasteiger partial charge in [0.15, 0.2) is 11.6 Å². The summed E-state index contributed by atoms with van der Waals surface area (Å²) in [6.45, 7) is 10.3. The van der Waals surface area contributed by atoms with Gasteiger partial charge in [-0.05, 0) is 66.8 Å². The maximum atomic E-state index is 16.9. The SMILES string of the molecule is CC#N.COc1c(Cl)cccc1-c1c(C(F)(F)F)cc2c(N(N)C3CCN(C(=O)OC(C)(C)C)CC3)c(N)c(N3CC(C)(N(C)C)C3)nc2c1F. The smallest absolute Gasteiger partial charge is 0.417 e. The molecule has 4 N–H and O–H groups in total. The number of nitrogens with zero attached hydrogens (tertiary/aromatic N) is 6. The number of halogens is 5. The van der Waals surface area contributed by atoms with Crippen LogP contribution >= 0.6 is 11.6 Å². The summed E-state index contributed by atoms with van der Waals surface area (Å²) in [7, 11) is 5.13. The van der Waals surface area contributed by atoms with E-state index < -0.39 is 40.9 Å². The molecule has 2 saturated heterocycles. The van der Waals surface area contributed by atoms with Gasteiger partial charge in [-0.25, -0.2) is 20.0 Å². The number of anilines is 3. The molecular formula is C35H45ClF4N8O3. The number of likely N-dealkylation sites (N-methyl/N-ethyl adjacent to an activating group) is 1. The second kappa shape index (κ2) is 14.8. The third kappa shape index (κ3) is 7.98. The Bertz CT molecular complexity index is 1810. The van der Waals surface area contributed by atoms with Gasteiger partial charge in [0.1, 0.15) is 22.6 Å². The normalized spacial score (nSPS) is 16.3. The zero-order valence-electron chi connectivity index (χ0n) is 30.1. The second-order valence-electron chi connectivity index (χ2n) is 14.1. The van der Waals surface area contributed by atoms with E-state index in [-0.39, 0.29) is 63.1 Å². The fourth-order valence-electron chi connectivity index (χ4n) is 6.31. The number of nitrogen functional groups attached to an aromatic ring is 1. The first-order chi connectivity index (χ1) is 23.7. The third-order valence-electron chi connectivity index (χ3n) is 9.17. The van der Waals surface area contributed by atoms with Crippen LogP contribution in [0, 0.1) is 17.1 Å². The van der Waals surface area contributed by atoms with Crippen LogP contribution in [0.5, 0.6) is 5.75 Å². The molecule has 2 aliphatic rings. The van der Waals surface area contributed by atoms with Gasteiger partial charge in [-0.2, -0.15) is 18.4 Å². The Morgan fingerprint density at radius 2 is 1.76 bits per heavy atom. The standard InChI is InChI=1S/C33H42ClF4N7O3.C2H3N/c1-31(2,3)48-30(46)43-13-11-18(12-14-43)45(40)27-20-15-21(33(36,37)38)23(19-9-8-10-22(34)28(19)47-7)24(35)26(20)41-29(25(27)39)44-16-32(4,17-44)42(5)6;1-2-3/h8-10,15,18H,11-14,16-17,39-40H2,1-7H3;1H3. The molecule has 3 aromatic rings. The van der Waals surface area contributed by atoms with E-state index in [2.05, 4.69) is 16.8 Å². The number of aromatic nitrogens is 1. The molecule has 5 rings (SSSR count). The summed E-state index contributed by atoms with van der Waals surface area (Å²) in [5.41, 5.74) is 3.35. The molecule has 2 aliphatic heterocycles. The van der Waals surface area contributed by atoms with E-state index in [0.29, 0.717) is 25.9 Å². The molecule has 11 nitrogen and oxygen atoms in total. The van der Waals surface area contributed by atoms with E-state index in [9.17, 15) is 18.0 Å². The average Bonchev–Trinajstić information content (AvgIpc) is 3.02. The van der Waals surface area contributed by atoms with Gasteiger partial charge in [-0.3, -0.25) is 0 Å². The minimum Gasteiger partial charge on any atom is -0.495 e. The number of likely N-dealkylation sites (tertiary alicyclic amines) is 1. The van der Waals surface area contributed by atoms with Crippen LogP contribution in [0.1, 0.15) is 53.0 Å². The third-order valence-corrected chi connectivity index (χ3v) is 9.46. The van der Waals surface area contributed by atoms with Crippen LogP contribution in [0.15, 0.2) is 24.3 Å². The number of rotatable bonds is 6. The van der Waals surface area contributed by atoms with Crippen molar-refractivity contribution >= 4 is 45.8 Å². The van der Waals surface area contributed by atoms with Crippen LogP contribution < -0.4 is 26.2 Å². The number of fused-ring (bicyclic) bond motifs is 1. The molecule has 51 heavy (non-hydrogen) atoms. The van der Waals surface area contributed by atoms with E-state index in [4.69, 9.17) is 37.9 Å².